The maximum Gasteiger partial charge on any atom is 0.257 e. The highest BCUT2D eigenvalue weighted by Crippen LogP contribution is 2.29. The molecule has 174 valence electrons. The molecule has 1 aromatic carbocycles. The summed E-state index contributed by atoms with van der Waals surface area (Å²) in [6.45, 7) is 7.46. The average Bonchev–Trinajstić information content (AvgIpc) is 3.46. The minimum Gasteiger partial charge on any atom is -0.335 e. The topological polar surface area (TPSA) is 71.3 Å². The van der Waals surface area contributed by atoms with Crippen LogP contribution in [0.1, 0.15) is 42.7 Å². The van der Waals surface area contributed by atoms with Gasteiger partial charge in [0, 0.05) is 41.1 Å². The van der Waals surface area contributed by atoms with Gasteiger partial charge >= 0.3 is 0 Å². The first-order valence-electron chi connectivity index (χ1n) is 10.7. The molecule has 33 heavy (non-hydrogen) atoms. The van der Waals surface area contributed by atoms with E-state index >= 15 is 0 Å². The van der Waals surface area contributed by atoms with Crippen LogP contribution in [0.4, 0.5) is 0 Å². The lowest BCUT2D eigenvalue weighted by atomic mass is 10.0. The molecule has 0 N–H and O–H groups in total. The smallest absolute Gasteiger partial charge is 0.257 e. The molecule has 1 unspecified atom stereocenters. The molecular formula is C23H25BrClN5O2S. The van der Waals surface area contributed by atoms with E-state index in [-0.39, 0.29) is 29.7 Å². The van der Waals surface area contributed by atoms with Gasteiger partial charge in [0.2, 0.25) is 11.0 Å². The number of nitrogens with zero attached hydrogens (tertiary/aromatic N) is 5. The maximum absolute atomic E-state index is 13.4. The molecule has 0 radical (unpaired) electrons. The van der Waals surface area contributed by atoms with E-state index in [2.05, 4.69) is 21.0 Å². The minimum atomic E-state index is -0.0997. The molecule has 1 atom stereocenters. The van der Waals surface area contributed by atoms with Gasteiger partial charge in [-0.1, -0.05) is 41.9 Å². The number of amides is 2. The lowest BCUT2D eigenvalue weighted by Crippen LogP contribution is -2.55. The highest BCUT2D eigenvalue weighted by molar-refractivity contribution is 9.10. The third-order valence-electron chi connectivity index (χ3n) is 5.75. The highest BCUT2D eigenvalue weighted by atomic mass is 79.9. The van der Waals surface area contributed by atoms with Gasteiger partial charge in [0.05, 0.1) is 23.1 Å². The first kappa shape index (κ1) is 23.9. The number of rotatable bonds is 5. The molecule has 1 saturated heterocycles. The van der Waals surface area contributed by atoms with Crippen molar-refractivity contribution in [1.29, 1.82) is 0 Å². The number of halogens is 2. The summed E-state index contributed by atoms with van der Waals surface area (Å²) in [5, 5.41) is 7.27. The van der Waals surface area contributed by atoms with E-state index in [0.717, 1.165) is 26.6 Å². The van der Waals surface area contributed by atoms with Crippen molar-refractivity contribution < 1.29 is 9.59 Å². The fraction of sp³-hybridized carbons (Fsp3) is 0.391. The number of alkyl halides is 1. The lowest BCUT2D eigenvalue weighted by Gasteiger charge is -2.39. The molecule has 0 aliphatic carbocycles. The summed E-state index contributed by atoms with van der Waals surface area (Å²) < 4.78 is 2.79. The lowest BCUT2D eigenvalue weighted by molar-refractivity contribution is -0.132. The molecule has 0 saturated carbocycles. The van der Waals surface area contributed by atoms with Crippen LogP contribution in [0.25, 0.3) is 16.4 Å². The van der Waals surface area contributed by atoms with Crippen LogP contribution in [0.3, 0.4) is 0 Å². The Morgan fingerprint density at radius 1 is 1.24 bits per heavy atom. The predicted molar refractivity (Wildman–Crippen MR) is 134 cm³/mol. The predicted octanol–water partition coefficient (Wildman–Crippen LogP) is 4.79. The van der Waals surface area contributed by atoms with Crippen molar-refractivity contribution in [3.8, 4) is 16.4 Å². The number of hydrogen-bond acceptors (Lipinski definition) is 5. The number of benzene rings is 1. The van der Waals surface area contributed by atoms with Crippen LogP contribution in [0, 0.1) is 0 Å². The fourth-order valence-corrected chi connectivity index (χ4v) is 5.33. The molecule has 0 bridgehead atoms. The van der Waals surface area contributed by atoms with E-state index in [4.69, 9.17) is 16.6 Å². The maximum atomic E-state index is 13.4. The van der Waals surface area contributed by atoms with Gasteiger partial charge < -0.3 is 9.80 Å². The summed E-state index contributed by atoms with van der Waals surface area (Å²) in [4.78, 5) is 33.8. The summed E-state index contributed by atoms with van der Waals surface area (Å²) in [6.07, 6.45) is 1.64. The zero-order valence-corrected chi connectivity index (χ0v) is 21.8. The largest absolute Gasteiger partial charge is 0.335 e. The van der Waals surface area contributed by atoms with Gasteiger partial charge in [0.1, 0.15) is 5.88 Å². The van der Waals surface area contributed by atoms with Gasteiger partial charge in [-0.15, -0.1) is 22.9 Å². The van der Waals surface area contributed by atoms with Crippen LogP contribution in [0.15, 0.2) is 40.3 Å². The van der Waals surface area contributed by atoms with Crippen LogP contribution in [-0.2, 0) is 4.79 Å². The molecule has 1 aliphatic rings. The van der Waals surface area contributed by atoms with Crippen LogP contribution < -0.4 is 0 Å². The second-order valence-corrected chi connectivity index (χ2v) is 10.4. The molecule has 4 rings (SSSR count). The zero-order chi connectivity index (χ0) is 23.7. The molecule has 2 aromatic heterocycles. The Balaban J connectivity index is 1.60. The Morgan fingerprint density at radius 2 is 1.97 bits per heavy atom. The molecular weight excluding hydrogens is 526 g/mol. The van der Waals surface area contributed by atoms with E-state index in [1.807, 2.05) is 50.4 Å². The SMILES string of the molecule is CC(C)c1c(C(=O)N2CCN(C(=O)CCl)C(C)C2)cnn1-c1nc(-c2ccc(Br)cc2)cs1. The van der Waals surface area contributed by atoms with Crippen molar-refractivity contribution in [1.82, 2.24) is 24.6 Å². The minimum absolute atomic E-state index is 0.0430. The van der Waals surface area contributed by atoms with E-state index in [1.54, 1.807) is 20.7 Å². The first-order chi connectivity index (χ1) is 15.8. The fourth-order valence-electron chi connectivity index (χ4n) is 4.11. The van der Waals surface area contributed by atoms with Crippen LogP contribution in [0.5, 0.6) is 0 Å². The monoisotopic (exact) mass is 549 g/mol. The average molecular weight is 551 g/mol. The number of hydrogen-bond donors (Lipinski definition) is 0. The second-order valence-electron chi connectivity index (χ2n) is 8.35. The molecule has 3 heterocycles. The Hall–Kier alpha value is -2.23. The van der Waals surface area contributed by atoms with E-state index in [9.17, 15) is 9.59 Å². The van der Waals surface area contributed by atoms with Crippen molar-refractivity contribution in [2.75, 3.05) is 25.5 Å². The summed E-state index contributed by atoms with van der Waals surface area (Å²) in [6, 6.07) is 7.92. The third-order valence-corrected chi connectivity index (χ3v) is 7.32. The van der Waals surface area contributed by atoms with Crippen LogP contribution >= 0.6 is 38.9 Å². The molecule has 2 amide bonds. The Kier molecular flexibility index (Phi) is 7.21. The van der Waals surface area contributed by atoms with Gasteiger partial charge in [-0.05, 0) is 25.0 Å². The summed E-state index contributed by atoms with van der Waals surface area (Å²) in [5.74, 6) is -0.140. The summed E-state index contributed by atoms with van der Waals surface area (Å²) >= 11 is 10.7. The summed E-state index contributed by atoms with van der Waals surface area (Å²) in [5.41, 5.74) is 3.31. The Bertz CT molecular complexity index is 1160. The van der Waals surface area contributed by atoms with Crippen LogP contribution in [0.2, 0.25) is 0 Å². The van der Waals surface area contributed by atoms with Gasteiger partial charge in [-0.2, -0.15) is 5.10 Å². The molecule has 10 heteroatoms. The molecule has 7 nitrogen and oxygen atoms in total. The molecule has 1 fully saturated rings. The molecule has 0 spiro atoms. The van der Waals surface area contributed by atoms with Crippen molar-refractivity contribution in [2.24, 2.45) is 0 Å². The highest BCUT2D eigenvalue weighted by Gasteiger charge is 2.32. The standard InChI is InChI=1S/C23H25BrClN5O2S/c1-14(2)21-18(22(32)28-8-9-29(15(3)12-28)20(31)10-25)11-26-30(21)23-27-19(13-33-23)16-4-6-17(24)7-5-16/h4-7,11,13-15H,8-10,12H2,1-3H3. The quantitative estimate of drug-likeness (QED) is 0.428. The number of carbonyl (C=O) groups excluding carboxylic acids is 2. The van der Waals surface area contributed by atoms with E-state index in [0.29, 0.717) is 25.2 Å². The third kappa shape index (κ3) is 4.85. The zero-order valence-electron chi connectivity index (χ0n) is 18.7. The number of thiazole rings is 1. The second kappa shape index (κ2) is 9.95. The van der Waals surface area contributed by atoms with Crippen molar-refractivity contribution in [2.45, 2.75) is 32.7 Å². The molecule has 3 aromatic rings. The number of carbonyl (C=O) groups is 2. The van der Waals surface area contributed by atoms with Gasteiger partial charge in [-0.3, -0.25) is 9.59 Å². The normalized spacial score (nSPS) is 16.5. The van der Waals surface area contributed by atoms with Crippen molar-refractivity contribution in [3.63, 3.8) is 0 Å². The van der Waals surface area contributed by atoms with E-state index < -0.39 is 0 Å². The van der Waals surface area contributed by atoms with E-state index in [1.165, 1.54) is 11.3 Å². The van der Waals surface area contributed by atoms with Crippen molar-refractivity contribution >= 4 is 50.7 Å². The molecule has 1 aliphatic heterocycles. The van der Waals surface area contributed by atoms with Crippen LogP contribution in [-0.4, -0.2) is 67.9 Å². The Morgan fingerprint density at radius 3 is 2.61 bits per heavy atom. The first-order valence-corrected chi connectivity index (χ1v) is 12.9. The number of piperazine rings is 1. The van der Waals surface area contributed by atoms with Gasteiger partial charge in [0.15, 0.2) is 0 Å². The summed E-state index contributed by atoms with van der Waals surface area (Å²) in [7, 11) is 0. The van der Waals surface area contributed by atoms with Gasteiger partial charge in [-0.25, -0.2) is 9.67 Å². The van der Waals surface area contributed by atoms with Gasteiger partial charge in [0.25, 0.3) is 5.91 Å². The Labute approximate surface area is 210 Å². The van der Waals surface area contributed by atoms with Crippen molar-refractivity contribution in [3.05, 3.63) is 51.6 Å². The number of aromatic nitrogens is 3.